The van der Waals surface area contributed by atoms with Crippen molar-refractivity contribution in [2.75, 3.05) is 0 Å². The monoisotopic (exact) mass is 266 g/mol. The van der Waals surface area contributed by atoms with Gasteiger partial charge in [0.2, 0.25) is 11.8 Å². The summed E-state index contributed by atoms with van der Waals surface area (Å²) in [7, 11) is 0. The highest BCUT2D eigenvalue weighted by atomic mass is 16.2. The number of nitrogens with one attached hydrogen (secondary N) is 1. The minimum Gasteiger partial charge on any atom is -0.343 e. The number of carbonyl (C=O) groups excluding carboxylic acids is 2. The zero-order valence-electron chi connectivity index (χ0n) is 12.7. The van der Waals surface area contributed by atoms with Gasteiger partial charge in [-0.05, 0) is 44.9 Å². The summed E-state index contributed by atoms with van der Waals surface area (Å²) in [6.07, 6.45) is 2.99. The molecule has 2 unspecified atom stereocenters. The first kappa shape index (κ1) is 14.4. The number of carbonyl (C=O) groups is 2. The fourth-order valence-corrected chi connectivity index (χ4v) is 3.25. The molecular formula is C15H26N2O2. The van der Waals surface area contributed by atoms with E-state index in [2.05, 4.69) is 19.2 Å². The molecule has 0 aromatic heterocycles. The average molecular weight is 266 g/mol. The van der Waals surface area contributed by atoms with E-state index in [1.165, 1.54) is 12.8 Å². The normalized spacial score (nSPS) is 28.8. The van der Waals surface area contributed by atoms with E-state index < -0.39 is 0 Å². The molecule has 0 bridgehead atoms. The highest BCUT2D eigenvalue weighted by Gasteiger charge is 2.52. The van der Waals surface area contributed by atoms with Crippen LogP contribution in [0, 0.1) is 11.8 Å². The van der Waals surface area contributed by atoms with Gasteiger partial charge in [-0.3, -0.25) is 9.59 Å². The molecule has 1 N–H and O–H groups in total. The first-order valence-electron chi connectivity index (χ1n) is 7.44. The van der Waals surface area contributed by atoms with Gasteiger partial charge in [0.05, 0.1) is 0 Å². The maximum absolute atomic E-state index is 12.7. The van der Waals surface area contributed by atoms with Gasteiger partial charge in [-0.2, -0.15) is 0 Å². The van der Waals surface area contributed by atoms with Crippen molar-refractivity contribution in [1.82, 2.24) is 10.2 Å². The molecule has 4 heteroatoms. The van der Waals surface area contributed by atoms with Crippen molar-refractivity contribution in [3.8, 4) is 0 Å². The lowest BCUT2D eigenvalue weighted by Crippen LogP contribution is -2.70. The molecule has 1 heterocycles. The lowest BCUT2D eigenvalue weighted by atomic mass is 9.87. The van der Waals surface area contributed by atoms with E-state index in [1.807, 2.05) is 25.7 Å². The Labute approximate surface area is 115 Å². The number of hydrogen-bond donors (Lipinski definition) is 1. The van der Waals surface area contributed by atoms with Crippen LogP contribution in [0.5, 0.6) is 0 Å². The van der Waals surface area contributed by atoms with E-state index in [1.54, 1.807) is 0 Å². The van der Waals surface area contributed by atoms with Crippen molar-refractivity contribution < 1.29 is 9.59 Å². The van der Waals surface area contributed by atoms with Gasteiger partial charge in [0.1, 0.15) is 12.1 Å². The predicted molar refractivity (Wildman–Crippen MR) is 74.5 cm³/mol. The van der Waals surface area contributed by atoms with E-state index >= 15 is 0 Å². The van der Waals surface area contributed by atoms with E-state index in [0.29, 0.717) is 12.3 Å². The molecule has 0 spiro atoms. The predicted octanol–water partition coefficient (Wildman–Crippen LogP) is 1.94. The maximum atomic E-state index is 12.7. The maximum Gasteiger partial charge on any atom is 0.246 e. The van der Waals surface area contributed by atoms with Crippen LogP contribution in [0.1, 0.15) is 53.9 Å². The average Bonchev–Trinajstić information content (AvgIpc) is 3.14. The molecular weight excluding hydrogens is 240 g/mol. The number of amides is 2. The lowest BCUT2D eigenvalue weighted by molar-refractivity contribution is -0.159. The summed E-state index contributed by atoms with van der Waals surface area (Å²) in [5.74, 6) is 0.786. The summed E-state index contributed by atoms with van der Waals surface area (Å²) in [6, 6.07) is -0.675. The number of piperazine rings is 1. The Hall–Kier alpha value is -1.06. The van der Waals surface area contributed by atoms with Gasteiger partial charge < -0.3 is 10.2 Å². The third-order valence-corrected chi connectivity index (χ3v) is 4.64. The van der Waals surface area contributed by atoms with Crippen LogP contribution >= 0.6 is 0 Å². The van der Waals surface area contributed by atoms with Gasteiger partial charge in [0.25, 0.3) is 0 Å². The van der Waals surface area contributed by atoms with Crippen molar-refractivity contribution in [2.45, 2.75) is 71.5 Å². The Bertz CT molecular complexity index is 386. The van der Waals surface area contributed by atoms with E-state index in [-0.39, 0.29) is 35.4 Å². The van der Waals surface area contributed by atoms with E-state index in [4.69, 9.17) is 0 Å². The number of nitrogens with zero attached hydrogens (tertiary/aromatic N) is 1. The molecule has 19 heavy (non-hydrogen) atoms. The molecule has 2 fully saturated rings. The first-order chi connectivity index (χ1) is 8.80. The standard InChI is InChI=1S/C15H26N2O2/c1-6-11-14(19)17(15(4,5)10-7-8-10)12(9(2)3)13(18)16-11/h9-12H,6-8H2,1-5H3,(H,16,18). The molecule has 1 saturated heterocycles. The second kappa shape index (κ2) is 4.80. The molecule has 2 amide bonds. The van der Waals surface area contributed by atoms with Crippen LogP contribution in [0.4, 0.5) is 0 Å². The molecule has 2 aliphatic rings. The summed E-state index contributed by atoms with van der Waals surface area (Å²) < 4.78 is 0. The SMILES string of the molecule is CCC1NC(=O)C(C(C)C)N(C(C)(C)C2CC2)C1=O. The molecule has 2 atom stereocenters. The highest BCUT2D eigenvalue weighted by molar-refractivity contribution is 5.97. The highest BCUT2D eigenvalue weighted by Crippen LogP contribution is 2.45. The third-order valence-electron chi connectivity index (χ3n) is 4.64. The Balaban J connectivity index is 2.36. The Morgan fingerprint density at radius 3 is 2.32 bits per heavy atom. The number of hydrogen-bond acceptors (Lipinski definition) is 2. The van der Waals surface area contributed by atoms with Crippen LogP contribution in [0.15, 0.2) is 0 Å². The molecule has 1 aliphatic heterocycles. The molecule has 4 nitrogen and oxygen atoms in total. The van der Waals surface area contributed by atoms with Gasteiger partial charge in [-0.1, -0.05) is 20.8 Å². The van der Waals surface area contributed by atoms with Crippen molar-refractivity contribution in [1.29, 1.82) is 0 Å². The lowest BCUT2D eigenvalue weighted by Gasteiger charge is -2.49. The quantitative estimate of drug-likeness (QED) is 0.845. The van der Waals surface area contributed by atoms with Gasteiger partial charge in [-0.15, -0.1) is 0 Å². The van der Waals surface area contributed by atoms with E-state index in [0.717, 1.165) is 0 Å². The second-order valence-electron chi connectivity index (χ2n) is 6.79. The van der Waals surface area contributed by atoms with Crippen LogP contribution < -0.4 is 5.32 Å². The zero-order valence-corrected chi connectivity index (χ0v) is 12.7. The molecule has 1 aliphatic carbocycles. The zero-order chi connectivity index (χ0) is 14.4. The van der Waals surface area contributed by atoms with Crippen LogP contribution in [0.25, 0.3) is 0 Å². The molecule has 1 saturated carbocycles. The molecule has 2 rings (SSSR count). The Kier molecular flexibility index (Phi) is 3.63. The Morgan fingerprint density at radius 2 is 1.89 bits per heavy atom. The summed E-state index contributed by atoms with van der Waals surface area (Å²) in [6.45, 7) is 10.2. The fraction of sp³-hybridized carbons (Fsp3) is 0.867. The van der Waals surface area contributed by atoms with Crippen LogP contribution in [0.2, 0.25) is 0 Å². The van der Waals surface area contributed by atoms with Crippen LogP contribution in [-0.4, -0.2) is 34.3 Å². The van der Waals surface area contributed by atoms with Crippen molar-refractivity contribution in [3.05, 3.63) is 0 Å². The van der Waals surface area contributed by atoms with E-state index in [9.17, 15) is 9.59 Å². The van der Waals surface area contributed by atoms with Crippen LogP contribution in [0.3, 0.4) is 0 Å². The summed E-state index contributed by atoms with van der Waals surface area (Å²) in [4.78, 5) is 26.9. The minimum atomic E-state index is -0.347. The van der Waals surface area contributed by atoms with Crippen molar-refractivity contribution in [3.63, 3.8) is 0 Å². The van der Waals surface area contributed by atoms with Gasteiger partial charge in [0.15, 0.2) is 0 Å². The van der Waals surface area contributed by atoms with Crippen molar-refractivity contribution >= 4 is 11.8 Å². The number of rotatable bonds is 4. The minimum absolute atomic E-state index is 0.00942. The summed E-state index contributed by atoms with van der Waals surface area (Å²) >= 11 is 0. The van der Waals surface area contributed by atoms with Crippen LogP contribution in [-0.2, 0) is 9.59 Å². The smallest absolute Gasteiger partial charge is 0.246 e. The Morgan fingerprint density at radius 1 is 1.32 bits per heavy atom. The fourth-order valence-electron chi connectivity index (χ4n) is 3.25. The van der Waals surface area contributed by atoms with Gasteiger partial charge in [-0.25, -0.2) is 0 Å². The summed E-state index contributed by atoms with van der Waals surface area (Å²) in [5.41, 5.74) is -0.211. The topological polar surface area (TPSA) is 49.4 Å². The molecule has 0 aromatic rings. The molecule has 0 radical (unpaired) electrons. The van der Waals surface area contributed by atoms with Gasteiger partial charge >= 0.3 is 0 Å². The molecule has 0 aromatic carbocycles. The third kappa shape index (κ3) is 2.37. The van der Waals surface area contributed by atoms with Gasteiger partial charge in [0, 0.05) is 5.54 Å². The van der Waals surface area contributed by atoms with Crippen molar-refractivity contribution in [2.24, 2.45) is 11.8 Å². The summed E-state index contributed by atoms with van der Waals surface area (Å²) in [5, 5.41) is 2.88. The second-order valence-corrected chi connectivity index (χ2v) is 6.79. The first-order valence-corrected chi connectivity index (χ1v) is 7.44. The largest absolute Gasteiger partial charge is 0.343 e. The molecule has 108 valence electrons.